The normalized spacial score (nSPS) is 10.8. The average molecular weight is 290 g/mol. The SMILES string of the molecule is BrCC=Cc1cccc(CBr)c1. The van der Waals surface area contributed by atoms with E-state index in [2.05, 4.69) is 68.3 Å². The summed E-state index contributed by atoms with van der Waals surface area (Å²) in [6.45, 7) is 0. The summed E-state index contributed by atoms with van der Waals surface area (Å²) in [4.78, 5) is 0. The van der Waals surface area contributed by atoms with Gasteiger partial charge in [0, 0.05) is 10.7 Å². The second-order valence-corrected chi connectivity index (χ2v) is 3.64. The molecule has 0 heterocycles. The summed E-state index contributed by atoms with van der Waals surface area (Å²) in [7, 11) is 0. The Hall–Kier alpha value is -0.0800. The number of alkyl halides is 2. The van der Waals surface area contributed by atoms with Crippen LogP contribution in [0.4, 0.5) is 0 Å². The highest BCUT2D eigenvalue weighted by molar-refractivity contribution is 9.09. The average Bonchev–Trinajstić information content (AvgIpc) is 2.15. The number of benzene rings is 1. The molecule has 0 aliphatic rings. The number of allylic oxidation sites excluding steroid dienone is 1. The second-order valence-electron chi connectivity index (χ2n) is 2.44. The molecular weight excluding hydrogens is 280 g/mol. The second kappa shape index (κ2) is 5.55. The lowest BCUT2D eigenvalue weighted by atomic mass is 10.1. The van der Waals surface area contributed by atoms with E-state index in [0.29, 0.717) is 0 Å². The number of halogens is 2. The van der Waals surface area contributed by atoms with E-state index in [1.54, 1.807) is 0 Å². The van der Waals surface area contributed by atoms with Gasteiger partial charge in [-0.15, -0.1) is 0 Å². The molecule has 2 heteroatoms. The Labute approximate surface area is 89.9 Å². The van der Waals surface area contributed by atoms with Crippen LogP contribution >= 0.6 is 31.9 Å². The highest BCUT2D eigenvalue weighted by atomic mass is 79.9. The van der Waals surface area contributed by atoms with Gasteiger partial charge in [0.05, 0.1) is 0 Å². The van der Waals surface area contributed by atoms with Gasteiger partial charge in [-0.3, -0.25) is 0 Å². The quantitative estimate of drug-likeness (QED) is 0.738. The molecule has 12 heavy (non-hydrogen) atoms. The number of hydrogen-bond donors (Lipinski definition) is 0. The van der Waals surface area contributed by atoms with Gasteiger partial charge in [-0.1, -0.05) is 68.3 Å². The van der Waals surface area contributed by atoms with Crippen LogP contribution < -0.4 is 0 Å². The highest BCUT2D eigenvalue weighted by Crippen LogP contribution is 2.10. The van der Waals surface area contributed by atoms with Crippen molar-refractivity contribution in [3.8, 4) is 0 Å². The third-order valence-corrected chi connectivity index (χ3v) is 2.53. The molecule has 0 bridgehead atoms. The van der Waals surface area contributed by atoms with Crippen LogP contribution in [0.5, 0.6) is 0 Å². The van der Waals surface area contributed by atoms with Crippen molar-refractivity contribution >= 4 is 37.9 Å². The Balaban J connectivity index is 2.79. The van der Waals surface area contributed by atoms with Crippen LogP contribution in [0.15, 0.2) is 30.3 Å². The zero-order valence-corrected chi connectivity index (χ0v) is 9.81. The minimum Gasteiger partial charge on any atom is -0.0883 e. The molecule has 0 fully saturated rings. The van der Waals surface area contributed by atoms with Gasteiger partial charge in [-0.2, -0.15) is 0 Å². The summed E-state index contributed by atoms with van der Waals surface area (Å²) in [6, 6.07) is 8.46. The molecule has 0 amide bonds. The first-order valence-corrected chi connectivity index (χ1v) is 5.98. The topological polar surface area (TPSA) is 0 Å². The van der Waals surface area contributed by atoms with Crippen LogP contribution in [-0.4, -0.2) is 5.33 Å². The van der Waals surface area contributed by atoms with Crippen molar-refractivity contribution in [2.45, 2.75) is 5.33 Å². The molecule has 1 aromatic rings. The molecule has 0 unspecified atom stereocenters. The Morgan fingerprint density at radius 2 is 2.08 bits per heavy atom. The number of rotatable bonds is 3. The van der Waals surface area contributed by atoms with Crippen molar-refractivity contribution in [3.63, 3.8) is 0 Å². The van der Waals surface area contributed by atoms with Crippen LogP contribution in [-0.2, 0) is 5.33 Å². The third-order valence-electron chi connectivity index (χ3n) is 1.50. The Morgan fingerprint density at radius 3 is 2.75 bits per heavy atom. The molecule has 0 aliphatic carbocycles. The molecule has 0 aliphatic heterocycles. The van der Waals surface area contributed by atoms with E-state index >= 15 is 0 Å². The molecule has 64 valence electrons. The Bertz CT molecular complexity index is 266. The van der Waals surface area contributed by atoms with E-state index < -0.39 is 0 Å². The van der Waals surface area contributed by atoms with Gasteiger partial charge in [0.1, 0.15) is 0 Å². The summed E-state index contributed by atoms with van der Waals surface area (Å²) in [6.07, 6.45) is 4.20. The predicted octanol–water partition coefficient (Wildman–Crippen LogP) is 3.99. The van der Waals surface area contributed by atoms with Crippen molar-refractivity contribution < 1.29 is 0 Å². The van der Waals surface area contributed by atoms with Crippen molar-refractivity contribution in [1.29, 1.82) is 0 Å². The van der Waals surface area contributed by atoms with Gasteiger partial charge in [0.25, 0.3) is 0 Å². The van der Waals surface area contributed by atoms with Crippen LogP contribution in [0.2, 0.25) is 0 Å². The van der Waals surface area contributed by atoms with Gasteiger partial charge in [-0.05, 0) is 11.1 Å². The predicted molar refractivity (Wildman–Crippen MR) is 61.9 cm³/mol. The van der Waals surface area contributed by atoms with Crippen molar-refractivity contribution in [3.05, 3.63) is 41.5 Å². The summed E-state index contributed by atoms with van der Waals surface area (Å²) < 4.78 is 0. The molecule has 0 atom stereocenters. The number of hydrogen-bond acceptors (Lipinski definition) is 0. The minimum atomic E-state index is 0.908. The van der Waals surface area contributed by atoms with Crippen LogP contribution in [0, 0.1) is 0 Å². The Kier molecular flexibility index (Phi) is 4.62. The monoisotopic (exact) mass is 288 g/mol. The van der Waals surface area contributed by atoms with Gasteiger partial charge in [0.2, 0.25) is 0 Å². The van der Waals surface area contributed by atoms with Gasteiger partial charge in [-0.25, -0.2) is 0 Å². The van der Waals surface area contributed by atoms with E-state index in [9.17, 15) is 0 Å². The van der Waals surface area contributed by atoms with Crippen LogP contribution in [0.25, 0.3) is 6.08 Å². The molecular formula is C10H10Br2. The fraction of sp³-hybridized carbons (Fsp3) is 0.200. The lowest BCUT2D eigenvalue weighted by Gasteiger charge is -1.96. The minimum absolute atomic E-state index is 0.908. The third kappa shape index (κ3) is 3.11. The zero-order chi connectivity index (χ0) is 8.81. The van der Waals surface area contributed by atoms with E-state index in [0.717, 1.165) is 10.7 Å². The molecule has 0 nitrogen and oxygen atoms in total. The smallest absolute Gasteiger partial charge is 0.0283 e. The Morgan fingerprint density at radius 1 is 1.25 bits per heavy atom. The fourth-order valence-corrected chi connectivity index (χ4v) is 1.50. The maximum absolute atomic E-state index is 3.43. The van der Waals surface area contributed by atoms with Gasteiger partial charge < -0.3 is 0 Å². The van der Waals surface area contributed by atoms with Crippen molar-refractivity contribution in [2.75, 3.05) is 5.33 Å². The fourth-order valence-electron chi connectivity index (χ4n) is 0.961. The largest absolute Gasteiger partial charge is 0.0883 e. The van der Waals surface area contributed by atoms with E-state index in [-0.39, 0.29) is 0 Å². The first-order chi connectivity index (χ1) is 5.86. The molecule has 0 aromatic heterocycles. The molecule has 1 rings (SSSR count). The highest BCUT2D eigenvalue weighted by Gasteiger charge is 1.89. The molecule has 0 radical (unpaired) electrons. The molecule has 0 N–H and O–H groups in total. The van der Waals surface area contributed by atoms with E-state index in [1.807, 2.05) is 0 Å². The standard InChI is InChI=1S/C10H10Br2/c11-6-2-5-9-3-1-4-10(7-9)8-12/h1-5,7H,6,8H2. The summed E-state index contributed by atoms with van der Waals surface area (Å²) >= 11 is 6.77. The van der Waals surface area contributed by atoms with Crippen LogP contribution in [0.3, 0.4) is 0 Å². The summed E-state index contributed by atoms with van der Waals surface area (Å²) in [5.74, 6) is 0. The molecule has 0 saturated carbocycles. The maximum Gasteiger partial charge on any atom is 0.0283 e. The lowest BCUT2D eigenvalue weighted by Crippen LogP contribution is -1.78. The first-order valence-electron chi connectivity index (χ1n) is 3.74. The maximum atomic E-state index is 3.43. The van der Waals surface area contributed by atoms with E-state index in [1.165, 1.54) is 11.1 Å². The van der Waals surface area contributed by atoms with Gasteiger partial charge >= 0.3 is 0 Å². The van der Waals surface area contributed by atoms with Crippen molar-refractivity contribution in [1.82, 2.24) is 0 Å². The van der Waals surface area contributed by atoms with Crippen molar-refractivity contribution in [2.24, 2.45) is 0 Å². The lowest BCUT2D eigenvalue weighted by molar-refractivity contribution is 1.43. The summed E-state index contributed by atoms with van der Waals surface area (Å²) in [5, 5.41) is 1.83. The first kappa shape index (κ1) is 10.0. The summed E-state index contributed by atoms with van der Waals surface area (Å²) in [5.41, 5.74) is 2.57. The molecule has 0 spiro atoms. The zero-order valence-electron chi connectivity index (χ0n) is 6.63. The molecule has 1 aromatic carbocycles. The molecule has 0 saturated heterocycles. The van der Waals surface area contributed by atoms with E-state index in [4.69, 9.17) is 0 Å². The van der Waals surface area contributed by atoms with Gasteiger partial charge in [0.15, 0.2) is 0 Å². The van der Waals surface area contributed by atoms with Crippen LogP contribution in [0.1, 0.15) is 11.1 Å².